The lowest BCUT2D eigenvalue weighted by atomic mass is 10.2. The van der Waals surface area contributed by atoms with Gasteiger partial charge in [-0.25, -0.2) is 0 Å². The molecule has 0 saturated heterocycles. The van der Waals surface area contributed by atoms with E-state index >= 15 is 0 Å². The van der Waals surface area contributed by atoms with Crippen LogP contribution in [0.5, 0.6) is 0 Å². The summed E-state index contributed by atoms with van der Waals surface area (Å²) in [6.07, 6.45) is 0.0884. The number of aromatic nitrogens is 2. The fraction of sp³-hybridized carbons (Fsp3) is 0.167. The lowest BCUT2D eigenvalue weighted by molar-refractivity contribution is -0.120. The monoisotopic (exact) mass is 384 g/mol. The fourth-order valence-electron chi connectivity index (χ4n) is 2.68. The van der Waals surface area contributed by atoms with E-state index in [0.717, 1.165) is 21.2 Å². The normalized spacial score (nSPS) is 16.0. The Kier molecular flexibility index (Phi) is 4.52. The van der Waals surface area contributed by atoms with Crippen molar-refractivity contribution in [2.45, 2.75) is 23.5 Å². The number of carbonyl (C=O) groups excluding carboxylic acids is 2. The molecule has 1 aliphatic heterocycles. The number of benzene rings is 1. The van der Waals surface area contributed by atoms with Crippen molar-refractivity contribution < 1.29 is 9.59 Å². The Bertz CT molecular complexity index is 979. The number of aromatic amines is 1. The Morgan fingerprint density at radius 2 is 2.12 bits per heavy atom. The van der Waals surface area contributed by atoms with E-state index in [1.165, 1.54) is 16.6 Å². The van der Waals surface area contributed by atoms with Crippen LogP contribution in [0.4, 0.5) is 11.5 Å². The van der Waals surface area contributed by atoms with E-state index in [1.54, 1.807) is 17.4 Å². The number of nitrogens with zero attached hydrogens (tertiary/aromatic N) is 1. The summed E-state index contributed by atoms with van der Waals surface area (Å²) in [6, 6.07) is 13.4. The summed E-state index contributed by atoms with van der Waals surface area (Å²) in [4.78, 5) is 27.8. The zero-order valence-corrected chi connectivity index (χ0v) is 15.5. The number of hydrogen-bond acceptors (Lipinski definition) is 5. The summed E-state index contributed by atoms with van der Waals surface area (Å²) < 4.78 is 0. The number of H-pyrrole nitrogens is 1. The summed E-state index contributed by atoms with van der Waals surface area (Å²) in [5.74, 6) is 0.0655. The number of aryl methyl sites for hydroxylation is 1. The zero-order chi connectivity index (χ0) is 18.1. The van der Waals surface area contributed by atoms with Crippen molar-refractivity contribution in [2.24, 2.45) is 0 Å². The van der Waals surface area contributed by atoms with Gasteiger partial charge in [0.2, 0.25) is 11.8 Å². The molecular formula is C18H16N4O2S2. The van der Waals surface area contributed by atoms with Crippen molar-refractivity contribution in [3.63, 3.8) is 0 Å². The highest BCUT2D eigenvalue weighted by Gasteiger charge is 2.29. The number of carbonyl (C=O) groups is 2. The van der Waals surface area contributed by atoms with Gasteiger partial charge in [-0.3, -0.25) is 14.7 Å². The third-order valence-corrected chi connectivity index (χ3v) is 6.24. The van der Waals surface area contributed by atoms with Crippen molar-refractivity contribution >= 4 is 46.4 Å². The predicted octanol–water partition coefficient (Wildman–Crippen LogP) is 3.89. The molecule has 1 aromatic carbocycles. The highest BCUT2D eigenvalue weighted by atomic mass is 32.2. The molecule has 0 aliphatic carbocycles. The third kappa shape index (κ3) is 3.51. The van der Waals surface area contributed by atoms with Crippen LogP contribution in [0.3, 0.4) is 0 Å². The molecule has 8 heteroatoms. The highest BCUT2D eigenvalue weighted by Crippen LogP contribution is 2.36. The third-order valence-electron chi connectivity index (χ3n) is 3.93. The first kappa shape index (κ1) is 16.9. The van der Waals surface area contributed by atoms with Gasteiger partial charge in [0.05, 0.1) is 21.5 Å². The first-order valence-corrected chi connectivity index (χ1v) is 9.77. The van der Waals surface area contributed by atoms with Crippen LogP contribution < -0.4 is 10.6 Å². The molecule has 3 N–H and O–H groups in total. The number of hydrogen-bond donors (Lipinski definition) is 3. The van der Waals surface area contributed by atoms with Crippen LogP contribution in [0.15, 0.2) is 47.4 Å². The second kappa shape index (κ2) is 6.97. The predicted molar refractivity (Wildman–Crippen MR) is 105 cm³/mol. The van der Waals surface area contributed by atoms with Crippen LogP contribution in [-0.2, 0) is 9.59 Å². The average molecular weight is 384 g/mol. The Labute approximate surface area is 158 Å². The Balaban J connectivity index is 1.40. The van der Waals surface area contributed by atoms with Crippen molar-refractivity contribution in [3.8, 4) is 10.6 Å². The topological polar surface area (TPSA) is 86.9 Å². The Morgan fingerprint density at radius 1 is 1.27 bits per heavy atom. The summed E-state index contributed by atoms with van der Waals surface area (Å²) >= 11 is 3.06. The molecule has 3 heterocycles. The van der Waals surface area contributed by atoms with Crippen LogP contribution in [0, 0.1) is 6.92 Å². The maximum atomic E-state index is 12.3. The molecule has 0 spiro atoms. The minimum atomic E-state index is -0.455. The maximum absolute atomic E-state index is 12.3. The fourth-order valence-corrected chi connectivity index (χ4v) is 4.62. The smallest absolute Gasteiger partial charge is 0.238 e. The second-order valence-electron chi connectivity index (χ2n) is 5.92. The molecule has 6 nitrogen and oxygen atoms in total. The molecule has 0 radical (unpaired) electrons. The molecule has 0 fully saturated rings. The molecule has 2 amide bonds. The SMILES string of the molecule is Cc1ccc(-c2cc(NC(=O)CC3Sc4ccccc4NC3=O)n[nH]2)s1. The number of fused-ring (bicyclic) bond motifs is 1. The molecule has 1 unspecified atom stereocenters. The van der Waals surface area contributed by atoms with Crippen LogP contribution in [0.2, 0.25) is 0 Å². The van der Waals surface area contributed by atoms with E-state index in [9.17, 15) is 9.59 Å². The molecule has 0 bridgehead atoms. The van der Waals surface area contributed by atoms with Crippen LogP contribution >= 0.6 is 23.1 Å². The van der Waals surface area contributed by atoms with Crippen molar-refractivity contribution in [1.82, 2.24) is 10.2 Å². The van der Waals surface area contributed by atoms with Gasteiger partial charge in [-0.2, -0.15) is 5.10 Å². The standard InChI is InChI=1S/C18H16N4O2S2/c1-10-6-7-14(25-10)12-8-16(22-21-12)20-17(23)9-15-18(24)19-11-4-2-3-5-13(11)26-15/h2-8,15H,9H2,1H3,(H,19,24)(H2,20,21,22,23). The lowest BCUT2D eigenvalue weighted by Gasteiger charge is -2.23. The molecule has 4 rings (SSSR count). The van der Waals surface area contributed by atoms with Crippen molar-refractivity contribution in [1.29, 1.82) is 0 Å². The van der Waals surface area contributed by atoms with Gasteiger partial charge in [-0.15, -0.1) is 23.1 Å². The molecule has 1 aliphatic rings. The van der Waals surface area contributed by atoms with Gasteiger partial charge >= 0.3 is 0 Å². The van der Waals surface area contributed by atoms with Gasteiger partial charge in [0, 0.05) is 22.3 Å². The van der Waals surface area contributed by atoms with Crippen LogP contribution in [-0.4, -0.2) is 27.3 Å². The van der Waals surface area contributed by atoms with Crippen LogP contribution in [0.1, 0.15) is 11.3 Å². The summed E-state index contributed by atoms with van der Waals surface area (Å²) in [6.45, 7) is 2.04. The largest absolute Gasteiger partial charge is 0.324 e. The van der Waals surface area contributed by atoms with E-state index in [-0.39, 0.29) is 18.2 Å². The Hall–Kier alpha value is -2.58. The minimum Gasteiger partial charge on any atom is -0.324 e. The van der Waals surface area contributed by atoms with E-state index in [0.29, 0.717) is 5.82 Å². The van der Waals surface area contributed by atoms with Gasteiger partial charge in [0.15, 0.2) is 5.82 Å². The minimum absolute atomic E-state index is 0.0884. The first-order valence-electron chi connectivity index (χ1n) is 8.07. The number of anilines is 2. The summed E-state index contributed by atoms with van der Waals surface area (Å²) in [7, 11) is 0. The summed E-state index contributed by atoms with van der Waals surface area (Å²) in [5, 5.41) is 12.2. The van der Waals surface area contributed by atoms with Gasteiger partial charge in [-0.05, 0) is 31.2 Å². The first-order chi connectivity index (χ1) is 12.6. The Morgan fingerprint density at radius 3 is 2.92 bits per heavy atom. The number of nitrogens with one attached hydrogen (secondary N) is 3. The number of rotatable bonds is 4. The van der Waals surface area contributed by atoms with Crippen molar-refractivity contribution in [2.75, 3.05) is 10.6 Å². The van der Waals surface area contributed by atoms with Crippen LogP contribution in [0.25, 0.3) is 10.6 Å². The molecule has 0 saturated carbocycles. The molecule has 132 valence electrons. The molecule has 2 aromatic heterocycles. The highest BCUT2D eigenvalue weighted by molar-refractivity contribution is 8.01. The van der Waals surface area contributed by atoms with E-state index in [2.05, 4.69) is 20.8 Å². The van der Waals surface area contributed by atoms with E-state index in [4.69, 9.17) is 0 Å². The number of amides is 2. The molecule has 3 aromatic rings. The summed E-state index contributed by atoms with van der Waals surface area (Å²) in [5.41, 5.74) is 1.65. The quantitative estimate of drug-likeness (QED) is 0.637. The van der Waals surface area contributed by atoms with Gasteiger partial charge in [0.25, 0.3) is 0 Å². The zero-order valence-electron chi connectivity index (χ0n) is 13.9. The van der Waals surface area contributed by atoms with Gasteiger partial charge < -0.3 is 10.6 Å². The number of para-hydroxylation sites is 1. The molecule has 26 heavy (non-hydrogen) atoms. The van der Waals surface area contributed by atoms with Gasteiger partial charge in [-0.1, -0.05) is 12.1 Å². The second-order valence-corrected chi connectivity index (χ2v) is 8.45. The van der Waals surface area contributed by atoms with E-state index < -0.39 is 5.25 Å². The van der Waals surface area contributed by atoms with E-state index in [1.807, 2.05) is 43.3 Å². The number of thiophene rings is 1. The average Bonchev–Trinajstić information content (AvgIpc) is 3.24. The molecule has 1 atom stereocenters. The lowest BCUT2D eigenvalue weighted by Crippen LogP contribution is -2.32. The number of thioether (sulfide) groups is 1. The van der Waals surface area contributed by atoms with Crippen molar-refractivity contribution in [3.05, 3.63) is 47.3 Å². The molecular weight excluding hydrogens is 368 g/mol. The maximum Gasteiger partial charge on any atom is 0.238 e. The van der Waals surface area contributed by atoms with Gasteiger partial charge in [0.1, 0.15) is 0 Å².